The summed E-state index contributed by atoms with van der Waals surface area (Å²) in [4.78, 5) is 11.3. The summed E-state index contributed by atoms with van der Waals surface area (Å²) in [5, 5.41) is 10.0. The van der Waals surface area contributed by atoms with Crippen LogP contribution >= 0.6 is 0 Å². The number of ketones is 1. The molecule has 1 aliphatic heterocycles. The summed E-state index contributed by atoms with van der Waals surface area (Å²) in [6.45, 7) is 11.3. The number of hydrogen-bond donors (Lipinski definition) is 1. The lowest BCUT2D eigenvalue weighted by Gasteiger charge is -2.39. The quantitative estimate of drug-likeness (QED) is 0.766. The Hall–Kier alpha value is -0.710. The van der Waals surface area contributed by atoms with Crippen molar-refractivity contribution in [2.24, 2.45) is 11.8 Å². The molecule has 1 fully saturated rings. The van der Waals surface area contributed by atoms with E-state index in [1.54, 1.807) is 6.92 Å². The molecule has 4 atom stereocenters. The summed E-state index contributed by atoms with van der Waals surface area (Å²) in [6.07, 6.45) is 4.54. The van der Waals surface area contributed by atoms with Crippen LogP contribution in [0.2, 0.25) is 0 Å². The highest BCUT2D eigenvalue weighted by Gasteiger charge is 2.34. The van der Waals surface area contributed by atoms with Crippen LogP contribution < -0.4 is 0 Å². The number of ether oxygens (including phenoxy) is 2. The van der Waals surface area contributed by atoms with Crippen molar-refractivity contribution in [1.29, 1.82) is 0 Å². The molecule has 1 saturated heterocycles. The number of Topliss-reactive ketones (excluding diaryl/α,β-unsaturated/α-hetero) is 1. The number of hydrogen-bond acceptors (Lipinski definition) is 4. The van der Waals surface area contributed by atoms with Gasteiger partial charge < -0.3 is 14.6 Å². The maximum atomic E-state index is 11.3. The van der Waals surface area contributed by atoms with E-state index in [1.165, 1.54) is 0 Å². The fraction of sp³-hybridized carbons (Fsp3) is 0.824. The molecule has 1 rings (SSSR count). The number of aliphatic hydroxyl groups excluding tert-OH is 1. The van der Waals surface area contributed by atoms with E-state index < -0.39 is 5.79 Å². The highest BCUT2D eigenvalue weighted by Crippen LogP contribution is 2.29. The highest BCUT2D eigenvalue weighted by atomic mass is 16.7. The van der Waals surface area contributed by atoms with Gasteiger partial charge in [0.25, 0.3) is 0 Å². The van der Waals surface area contributed by atoms with Gasteiger partial charge >= 0.3 is 0 Å². The first-order valence-corrected chi connectivity index (χ1v) is 7.82. The zero-order valence-corrected chi connectivity index (χ0v) is 14.1. The molecule has 0 aromatic carbocycles. The van der Waals surface area contributed by atoms with E-state index >= 15 is 0 Å². The zero-order valence-electron chi connectivity index (χ0n) is 14.1. The van der Waals surface area contributed by atoms with Gasteiger partial charge in [0.05, 0.1) is 18.3 Å². The Labute approximate surface area is 128 Å². The normalized spacial score (nSPS) is 28.8. The molecule has 0 radical (unpaired) electrons. The minimum atomic E-state index is -0.687. The molecule has 1 N–H and O–H groups in total. The maximum Gasteiger partial charge on any atom is 0.163 e. The van der Waals surface area contributed by atoms with Crippen LogP contribution in [0.4, 0.5) is 0 Å². The molecule has 4 nitrogen and oxygen atoms in total. The van der Waals surface area contributed by atoms with Crippen molar-refractivity contribution in [3.8, 4) is 0 Å². The second-order valence-corrected chi connectivity index (χ2v) is 6.92. The summed E-state index contributed by atoms with van der Waals surface area (Å²) < 4.78 is 11.7. The van der Waals surface area contributed by atoms with Crippen molar-refractivity contribution in [3.63, 3.8) is 0 Å². The molecular formula is C17H30O4. The van der Waals surface area contributed by atoms with Crippen LogP contribution in [-0.2, 0) is 14.3 Å². The van der Waals surface area contributed by atoms with Crippen LogP contribution in [0.1, 0.15) is 54.4 Å². The molecule has 1 aliphatic rings. The molecule has 4 heteroatoms. The standard InChI is InChI=1S/C17H30O4/c1-11(2)16(19)12(3)7-8-14-10-15(9-13(4)18)21-17(5,6)20-14/h7-8,11-12,14-16,19H,9-10H2,1-6H3/b8-7+/t12-,14-,15+,16-/m0/s1. The third kappa shape index (κ3) is 6.29. The number of carbonyl (C=O) groups is 1. The third-order valence-electron chi connectivity index (χ3n) is 3.75. The second-order valence-electron chi connectivity index (χ2n) is 6.92. The molecule has 21 heavy (non-hydrogen) atoms. The van der Waals surface area contributed by atoms with Crippen molar-refractivity contribution < 1.29 is 19.4 Å². The van der Waals surface area contributed by atoms with Gasteiger partial charge in [0.15, 0.2) is 5.79 Å². The number of carbonyl (C=O) groups excluding carboxylic acids is 1. The van der Waals surface area contributed by atoms with Gasteiger partial charge in [-0.05, 0) is 26.7 Å². The number of aliphatic hydroxyl groups is 1. The average Bonchev–Trinajstić information content (AvgIpc) is 2.32. The topological polar surface area (TPSA) is 55.8 Å². The van der Waals surface area contributed by atoms with Crippen molar-refractivity contribution in [3.05, 3.63) is 12.2 Å². The predicted molar refractivity (Wildman–Crippen MR) is 82.9 cm³/mol. The minimum absolute atomic E-state index is 0.0748. The minimum Gasteiger partial charge on any atom is -0.392 e. The first kappa shape index (κ1) is 18.3. The van der Waals surface area contributed by atoms with Crippen LogP contribution in [-0.4, -0.2) is 35.0 Å². The van der Waals surface area contributed by atoms with E-state index in [9.17, 15) is 9.90 Å². The van der Waals surface area contributed by atoms with E-state index in [-0.39, 0.29) is 35.9 Å². The van der Waals surface area contributed by atoms with Gasteiger partial charge in [-0.1, -0.05) is 32.9 Å². The Morgan fingerprint density at radius 3 is 2.48 bits per heavy atom. The van der Waals surface area contributed by atoms with Crippen LogP contribution in [0.15, 0.2) is 12.2 Å². The van der Waals surface area contributed by atoms with Gasteiger partial charge in [0.2, 0.25) is 0 Å². The van der Waals surface area contributed by atoms with Crippen LogP contribution in [0, 0.1) is 11.8 Å². The Morgan fingerprint density at radius 2 is 1.95 bits per heavy atom. The highest BCUT2D eigenvalue weighted by molar-refractivity contribution is 5.76. The second kappa shape index (κ2) is 7.52. The molecule has 0 unspecified atom stereocenters. The molecule has 0 bridgehead atoms. The van der Waals surface area contributed by atoms with Gasteiger partial charge in [-0.3, -0.25) is 4.79 Å². The van der Waals surface area contributed by atoms with Gasteiger partial charge in [-0.15, -0.1) is 0 Å². The van der Waals surface area contributed by atoms with Gasteiger partial charge in [0.1, 0.15) is 5.78 Å². The lowest BCUT2D eigenvalue weighted by Crippen LogP contribution is -2.44. The van der Waals surface area contributed by atoms with Crippen molar-refractivity contribution >= 4 is 5.78 Å². The zero-order chi connectivity index (χ0) is 16.2. The van der Waals surface area contributed by atoms with E-state index in [0.29, 0.717) is 12.8 Å². The van der Waals surface area contributed by atoms with Gasteiger partial charge in [-0.2, -0.15) is 0 Å². The van der Waals surface area contributed by atoms with Crippen molar-refractivity contribution in [2.75, 3.05) is 0 Å². The fourth-order valence-electron chi connectivity index (χ4n) is 2.73. The first-order chi connectivity index (χ1) is 9.60. The molecule has 122 valence electrons. The monoisotopic (exact) mass is 298 g/mol. The fourth-order valence-corrected chi connectivity index (χ4v) is 2.73. The summed E-state index contributed by atoms with van der Waals surface area (Å²) in [6, 6.07) is 0. The molecule has 0 amide bonds. The summed E-state index contributed by atoms with van der Waals surface area (Å²) >= 11 is 0. The first-order valence-electron chi connectivity index (χ1n) is 7.82. The summed E-state index contributed by atoms with van der Waals surface area (Å²) in [5.74, 6) is -0.259. The molecule has 0 aromatic rings. The maximum absolute atomic E-state index is 11.3. The molecular weight excluding hydrogens is 268 g/mol. The molecule has 1 heterocycles. The Bertz CT molecular complexity index is 373. The van der Waals surface area contributed by atoms with E-state index in [0.717, 1.165) is 0 Å². The number of rotatable bonds is 6. The molecule has 0 saturated carbocycles. The molecule has 0 aliphatic carbocycles. The van der Waals surface area contributed by atoms with Crippen molar-refractivity contribution in [2.45, 2.75) is 78.5 Å². The summed E-state index contributed by atoms with van der Waals surface area (Å²) in [7, 11) is 0. The average molecular weight is 298 g/mol. The van der Waals surface area contributed by atoms with Crippen LogP contribution in [0.3, 0.4) is 0 Å². The molecule has 0 aromatic heterocycles. The van der Waals surface area contributed by atoms with E-state index in [1.807, 2.05) is 46.8 Å². The third-order valence-corrected chi connectivity index (χ3v) is 3.75. The van der Waals surface area contributed by atoms with E-state index in [2.05, 4.69) is 0 Å². The van der Waals surface area contributed by atoms with Crippen molar-refractivity contribution in [1.82, 2.24) is 0 Å². The Balaban J connectivity index is 2.66. The van der Waals surface area contributed by atoms with E-state index in [4.69, 9.17) is 9.47 Å². The Morgan fingerprint density at radius 1 is 1.33 bits per heavy atom. The van der Waals surface area contributed by atoms with Gasteiger partial charge in [0, 0.05) is 18.8 Å². The molecule has 0 spiro atoms. The van der Waals surface area contributed by atoms with Crippen LogP contribution in [0.5, 0.6) is 0 Å². The SMILES string of the molecule is CC(=O)C[C@@H]1C[C@H](/C=C/[C@H](C)[C@@H](O)C(C)C)OC(C)(C)O1. The smallest absolute Gasteiger partial charge is 0.163 e. The van der Waals surface area contributed by atoms with Crippen LogP contribution in [0.25, 0.3) is 0 Å². The predicted octanol–water partition coefficient (Wildman–Crippen LogP) is 3.08. The summed E-state index contributed by atoms with van der Waals surface area (Å²) in [5.41, 5.74) is 0. The largest absolute Gasteiger partial charge is 0.392 e. The van der Waals surface area contributed by atoms with Gasteiger partial charge in [-0.25, -0.2) is 0 Å². The lowest BCUT2D eigenvalue weighted by molar-refractivity contribution is -0.289. The lowest BCUT2D eigenvalue weighted by atomic mass is 9.93. The Kier molecular flexibility index (Phi) is 6.57.